The predicted octanol–water partition coefficient (Wildman–Crippen LogP) is 1.61. The molecular formula is C6H6O3S2. The van der Waals surface area contributed by atoms with Gasteiger partial charge in [-0.05, 0) is 28.5 Å². The van der Waals surface area contributed by atoms with Crippen molar-refractivity contribution in [3.8, 4) is 0 Å². The van der Waals surface area contributed by atoms with E-state index in [2.05, 4.69) is 0 Å². The van der Waals surface area contributed by atoms with Crippen LogP contribution in [0.1, 0.15) is 5.56 Å². The lowest BCUT2D eigenvalue weighted by Crippen LogP contribution is -1.88. The number of thiophene rings is 1. The van der Waals surface area contributed by atoms with Gasteiger partial charge in [0, 0.05) is 0 Å². The molecule has 0 unspecified atom stereocenters. The number of hydrogen-bond donors (Lipinski definition) is 1. The second-order valence-electron chi connectivity index (χ2n) is 1.87. The second kappa shape index (κ2) is 3.17. The Bertz CT molecular complexity index is 334. The smallest absolute Gasteiger partial charge is 0.282 e. The summed E-state index contributed by atoms with van der Waals surface area (Å²) in [6, 6.07) is 1.76. The summed E-state index contributed by atoms with van der Waals surface area (Å²) in [5.41, 5.74) is 0.771. The maximum absolute atomic E-state index is 10.2. The van der Waals surface area contributed by atoms with Crippen molar-refractivity contribution in [2.45, 2.75) is 0 Å². The largest absolute Gasteiger partial charge is 0.287 e. The second-order valence-corrected chi connectivity index (χ2v) is 3.96. The van der Waals surface area contributed by atoms with Crippen LogP contribution in [0.25, 0.3) is 6.08 Å². The zero-order valence-electron chi connectivity index (χ0n) is 5.47. The summed E-state index contributed by atoms with van der Waals surface area (Å²) in [5.74, 6) is 0. The molecule has 1 heterocycles. The van der Waals surface area contributed by atoms with Gasteiger partial charge in [0.2, 0.25) is 0 Å². The molecule has 0 fully saturated rings. The van der Waals surface area contributed by atoms with Gasteiger partial charge in [0.1, 0.15) is 0 Å². The first-order valence-corrected chi connectivity index (χ1v) is 5.20. The predicted molar refractivity (Wildman–Crippen MR) is 44.9 cm³/mol. The van der Waals surface area contributed by atoms with Gasteiger partial charge in [-0.3, -0.25) is 4.55 Å². The first kappa shape index (κ1) is 8.45. The molecule has 0 radical (unpaired) electrons. The van der Waals surface area contributed by atoms with Gasteiger partial charge in [-0.1, -0.05) is 0 Å². The van der Waals surface area contributed by atoms with Gasteiger partial charge in [0.25, 0.3) is 10.1 Å². The third-order valence-corrected chi connectivity index (χ3v) is 2.16. The molecule has 0 atom stereocenters. The van der Waals surface area contributed by atoms with Crippen LogP contribution in [0.3, 0.4) is 0 Å². The van der Waals surface area contributed by atoms with Crippen molar-refractivity contribution < 1.29 is 13.0 Å². The van der Waals surface area contributed by atoms with Crippen LogP contribution in [0.4, 0.5) is 0 Å². The monoisotopic (exact) mass is 190 g/mol. The fourth-order valence-electron chi connectivity index (χ4n) is 0.534. The van der Waals surface area contributed by atoms with E-state index in [1.165, 1.54) is 17.4 Å². The Morgan fingerprint density at radius 1 is 1.55 bits per heavy atom. The zero-order valence-corrected chi connectivity index (χ0v) is 7.10. The van der Waals surface area contributed by atoms with Crippen LogP contribution < -0.4 is 0 Å². The molecule has 3 nitrogen and oxygen atoms in total. The fourth-order valence-corrected chi connectivity index (χ4v) is 1.49. The molecule has 5 heteroatoms. The van der Waals surface area contributed by atoms with E-state index in [0.717, 1.165) is 11.0 Å². The summed E-state index contributed by atoms with van der Waals surface area (Å²) in [6.07, 6.45) is 1.34. The van der Waals surface area contributed by atoms with Crippen LogP contribution >= 0.6 is 11.3 Å². The van der Waals surface area contributed by atoms with Crippen LogP contribution in [0.2, 0.25) is 0 Å². The van der Waals surface area contributed by atoms with E-state index in [-0.39, 0.29) is 0 Å². The average molecular weight is 190 g/mol. The molecule has 0 saturated carbocycles. The Kier molecular flexibility index (Phi) is 2.43. The molecule has 0 aliphatic heterocycles. The summed E-state index contributed by atoms with van der Waals surface area (Å²) >= 11 is 1.46. The van der Waals surface area contributed by atoms with Crippen LogP contribution in [-0.4, -0.2) is 13.0 Å². The van der Waals surface area contributed by atoms with Crippen molar-refractivity contribution in [1.29, 1.82) is 0 Å². The molecule has 11 heavy (non-hydrogen) atoms. The summed E-state index contributed by atoms with van der Waals surface area (Å²) in [5, 5.41) is 4.36. The SMILES string of the molecule is O=S(=O)(O)/C=C/c1ccsc1. The summed E-state index contributed by atoms with van der Waals surface area (Å²) in [6.45, 7) is 0. The summed E-state index contributed by atoms with van der Waals surface area (Å²) < 4.78 is 28.7. The van der Waals surface area contributed by atoms with Crippen LogP contribution in [0.5, 0.6) is 0 Å². The number of rotatable bonds is 2. The Hall–Kier alpha value is -0.650. The topological polar surface area (TPSA) is 54.4 Å². The van der Waals surface area contributed by atoms with Gasteiger partial charge in [0.15, 0.2) is 0 Å². The van der Waals surface area contributed by atoms with E-state index in [1.54, 1.807) is 11.4 Å². The van der Waals surface area contributed by atoms with E-state index in [4.69, 9.17) is 4.55 Å². The fraction of sp³-hybridized carbons (Fsp3) is 0. The van der Waals surface area contributed by atoms with Gasteiger partial charge in [-0.2, -0.15) is 19.8 Å². The molecule has 1 aromatic rings. The third-order valence-electron chi connectivity index (χ3n) is 0.976. The van der Waals surface area contributed by atoms with Gasteiger partial charge in [0.05, 0.1) is 5.41 Å². The van der Waals surface area contributed by atoms with Crippen LogP contribution in [0.15, 0.2) is 22.2 Å². The molecule has 1 aromatic heterocycles. The maximum atomic E-state index is 10.2. The Labute approximate surface area is 68.7 Å². The lowest BCUT2D eigenvalue weighted by Gasteiger charge is -1.82. The van der Waals surface area contributed by atoms with Crippen molar-refractivity contribution in [3.05, 3.63) is 27.8 Å². The highest BCUT2D eigenvalue weighted by atomic mass is 32.2. The van der Waals surface area contributed by atoms with E-state index in [9.17, 15) is 8.42 Å². The number of hydrogen-bond acceptors (Lipinski definition) is 3. The maximum Gasteiger partial charge on any atom is 0.287 e. The summed E-state index contributed by atoms with van der Waals surface area (Å²) in [4.78, 5) is 0. The molecule has 0 spiro atoms. The minimum atomic E-state index is -3.98. The van der Waals surface area contributed by atoms with Crippen molar-refractivity contribution >= 4 is 27.5 Å². The van der Waals surface area contributed by atoms with E-state index >= 15 is 0 Å². The normalized spacial score (nSPS) is 12.5. The van der Waals surface area contributed by atoms with Crippen molar-refractivity contribution in [1.82, 2.24) is 0 Å². The van der Waals surface area contributed by atoms with Gasteiger partial charge >= 0.3 is 0 Å². The van der Waals surface area contributed by atoms with E-state index < -0.39 is 10.1 Å². The van der Waals surface area contributed by atoms with Gasteiger partial charge in [-0.25, -0.2) is 0 Å². The highest BCUT2D eigenvalue weighted by Gasteiger charge is 1.94. The molecule has 0 saturated heterocycles. The highest BCUT2D eigenvalue weighted by molar-refractivity contribution is 7.88. The molecule has 0 amide bonds. The Morgan fingerprint density at radius 2 is 2.27 bits per heavy atom. The van der Waals surface area contributed by atoms with Gasteiger partial charge < -0.3 is 0 Å². The summed E-state index contributed by atoms with van der Waals surface area (Å²) in [7, 11) is -3.98. The minimum absolute atomic E-state index is 0.759. The lowest BCUT2D eigenvalue weighted by molar-refractivity contribution is 0.494. The first-order valence-electron chi connectivity index (χ1n) is 2.76. The molecule has 0 aliphatic carbocycles. The van der Waals surface area contributed by atoms with E-state index in [0.29, 0.717) is 0 Å². The molecule has 60 valence electrons. The molecular weight excluding hydrogens is 184 g/mol. The van der Waals surface area contributed by atoms with E-state index in [1.807, 2.05) is 5.38 Å². The third kappa shape index (κ3) is 3.31. The molecule has 1 rings (SSSR count). The Balaban J connectivity index is 2.79. The standard InChI is InChI=1S/C6H6O3S2/c7-11(8,9)4-2-6-1-3-10-5-6/h1-5H,(H,7,8,9)/b4-2+. The molecule has 1 N–H and O–H groups in total. The van der Waals surface area contributed by atoms with Crippen LogP contribution in [-0.2, 0) is 10.1 Å². The van der Waals surface area contributed by atoms with Crippen molar-refractivity contribution in [2.75, 3.05) is 0 Å². The molecule has 0 aliphatic rings. The molecule has 0 aromatic carbocycles. The lowest BCUT2D eigenvalue weighted by atomic mass is 10.3. The van der Waals surface area contributed by atoms with Crippen molar-refractivity contribution in [3.63, 3.8) is 0 Å². The average Bonchev–Trinajstić information content (AvgIpc) is 2.32. The van der Waals surface area contributed by atoms with Crippen LogP contribution in [0, 0.1) is 0 Å². The highest BCUT2D eigenvalue weighted by Crippen LogP contribution is 2.08. The first-order chi connectivity index (χ1) is 5.08. The molecule has 0 bridgehead atoms. The Morgan fingerprint density at radius 3 is 2.73 bits per heavy atom. The van der Waals surface area contributed by atoms with Gasteiger partial charge in [-0.15, -0.1) is 0 Å². The quantitative estimate of drug-likeness (QED) is 0.721. The minimum Gasteiger partial charge on any atom is -0.282 e. The van der Waals surface area contributed by atoms with Crippen molar-refractivity contribution in [2.24, 2.45) is 0 Å². The zero-order chi connectivity index (χ0) is 8.32.